The van der Waals surface area contributed by atoms with E-state index < -0.39 is 32.3 Å². The van der Waals surface area contributed by atoms with Gasteiger partial charge in [-0.15, -0.1) is 59.1 Å². The van der Waals surface area contributed by atoms with Crippen LogP contribution in [-0.4, -0.2) is 16.7 Å². The molecule has 4 nitrogen and oxygen atoms in total. The van der Waals surface area contributed by atoms with E-state index in [9.17, 15) is 0 Å². The van der Waals surface area contributed by atoms with Gasteiger partial charge in [-0.05, 0) is 88.9 Å². The van der Waals surface area contributed by atoms with Gasteiger partial charge in [0.15, 0.2) is 0 Å². The predicted molar refractivity (Wildman–Crippen MR) is 218 cm³/mol. The molecule has 0 amide bonds. The van der Waals surface area contributed by atoms with E-state index in [-0.39, 0.29) is 54.6 Å². The molecule has 9 rings (SSSR count). The number of benzene rings is 5. The van der Waals surface area contributed by atoms with E-state index in [1.165, 1.54) is 30.5 Å². The molecule has 0 spiro atoms. The summed E-state index contributed by atoms with van der Waals surface area (Å²) in [4.78, 5) is 8.81. The number of hydrogen-bond donors (Lipinski definition) is 0. The summed E-state index contributed by atoms with van der Waals surface area (Å²) in [5.41, 5.74) is 5.96. The van der Waals surface area contributed by atoms with Gasteiger partial charge in [0.25, 0.3) is 0 Å². The van der Waals surface area contributed by atoms with E-state index in [0.717, 1.165) is 39.2 Å². The normalized spacial score (nSPS) is 16.1. The van der Waals surface area contributed by atoms with E-state index in [2.05, 4.69) is 28.2 Å². The first kappa shape index (κ1) is 25.7. The van der Waals surface area contributed by atoms with Crippen LogP contribution in [0.3, 0.4) is 0 Å². The Kier molecular flexibility index (Phi) is 7.24. The van der Waals surface area contributed by atoms with Crippen molar-refractivity contribution in [2.45, 2.75) is 47.7 Å². The van der Waals surface area contributed by atoms with Gasteiger partial charge in [0.1, 0.15) is 17.2 Å². The molecule has 2 aromatic heterocycles. The molecule has 7 aromatic rings. The molecule has 0 bridgehead atoms. The molecule has 4 heterocycles. The summed E-state index contributed by atoms with van der Waals surface area (Å²) in [5.74, 6) is 3.11. The van der Waals surface area contributed by atoms with E-state index in [1.807, 2.05) is 75.4 Å². The first-order valence-electron chi connectivity index (χ1n) is 22.8. The van der Waals surface area contributed by atoms with Crippen LogP contribution >= 0.6 is 0 Å². The Bertz CT molecular complexity index is 2890. The Morgan fingerprint density at radius 3 is 2.31 bits per heavy atom. The van der Waals surface area contributed by atoms with Crippen molar-refractivity contribution in [3.63, 3.8) is 0 Å². The molecule has 1 radical (unpaired) electrons. The average Bonchev–Trinajstić information content (AvgIpc) is 3.25. The van der Waals surface area contributed by atoms with Gasteiger partial charge in [-0.25, -0.2) is 0 Å². The third-order valence-electron chi connectivity index (χ3n) is 9.01. The van der Waals surface area contributed by atoms with Gasteiger partial charge in [0, 0.05) is 58.8 Å². The molecule has 0 N–H and O–H groups in total. The van der Waals surface area contributed by atoms with Crippen LogP contribution in [0.1, 0.15) is 58.1 Å². The second-order valence-corrected chi connectivity index (χ2v) is 13.9. The molecular weight excluding hydrogens is 840 g/mol. The van der Waals surface area contributed by atoms with Gasteiger partial charge in [0.2, 0.25) is 6.71 Å². The average molecular weight is 892 g/mol. The van der Waals surface area contributed by atoms with Crippen LogP contribution in [0.5, 0.6) is 23.0 Å². The zero-order valence-corrected chi connectivity index (χ0v) is 32.1. The Morgan fingerprint density at radius 1 is 0.722 bits per heavy atom. The minimum absolute atomic E-state index is 0. The summed E-state index contributed by atoms with van der Waals surface area (Å²) in [6, 6.07) is 39.8. The van der Waals surface area contributed by atoms with Gasteiger partial charge in [-0.1, -0.05) is 99.4 Å². The fraction of sp³-hybridized carbons (Fsp3) is 0.167. The van der Waals surface area contributed by atoms with E-state index >= 15 is 0 Å². The van der Waals surface area contributed by atoms with Crippen molar-refractivity contribution in [1.29, 1.82) is 0 Å². The molecule has 2 aliphatic rings. The van der Waals surface area contributed by atoms with E-state index in [1.54, 1.807) is 36.5 Å². The minimum Gasteiger partial charge on any atom is -0.503 e. The molecule has 0 aliphatic carbocycles. The van der Waals surface area contributed by atoms with Crippen molar-refractivity contribution >= 4 is 23.1 Å². The molecule has 2 aliphatic heterocycles. The number of para-hydroxylation sites is 1. The smallest absolute Gasteiger partial charge is 0.241 e. The number of pyridine rings is 2. The van der Waals surface area contributed by atoms with Crippen molar-refractivity contribution in [2.24, 2.45) is 5.41 Å². The van der Waals surface area contributed by atoms with Gasteiger partial charge in [0.05, 0.1) is 0 Å². The summed E-state index contributed by atoms with van der Waals surface area (Å²) in [6.45, 7) is -1.51. The van der Waals surface area contributed by atoms with Gasteiger partial charge in [-0.3, -0.25) is 0 Å². The Hall–Kier alpha value is -5.29. The van der Waals surface area contributed by atoms with Gasteiger partial charge in [-0.2, -0.15) is 0 Å². The topological polar surface area (TPSA) is 44.2 Å². The SMILES string of the molecule is [2H]C([2H])([2H])c1c[c-]c(-c2cc(-c3ccccc3C([2H])([2H])[2H])c(C([2H])([2H])[2H])cn2)cc1.[2H]C([2H])(c1ccnc(-c2[c-]ccc3c2Oc2cccc4c2B3c2ccccc2O4)c1)C(C)(C)C.[Ir]. The first-order chi connectivity index (χ1) is 30.0. The van der Waals surface area contributed by atoms with Crippen LogP contribution in [0, 0.1) is 38.1 Å². The summed E-state index contributed by atoms with van der Waals surface area (Å²) in [6.07, 6.45) is 1.35. The number of nitrogens with zero attached hydrogens (tertiary/aromatic N) is 2. The maximum atomic E-state index is 8.72. The summed E-state index contributed by atoms with van der Waals surface area (Å²) < 4.78 is 99.4. The number of aryl methyl sites for hydroxylation is 3. The Labute approximate surface area is 348 Å². The number of rotatable bonds is 4. The molecule has 5 aromatic carbocycles. The predicted octanol–water partition coefficient (Wildman–Crippen LogP) is 10.0. The standard InChI is InChI=1S/C28H23BNO2.C20H18N.Ir/c1-28(2,3)17-18-14-15-30-22(16-18)19-8-6-10-21-27(19)32-25-13-7-12-24-26(25)29(21)20-9-4-5-11-23(20)31-24;1-14-8-10-17(11-9-14)20-12-19(16(3)13-21-20)18-7-5-4-6-15(18)2;/h4-7,9-16H,17H2,1-3H3;4-10,12-13H,1-3H3;/q2*-1;/i17D2;1D3,2D3,3D3;. The molecule has 269 valence electrons. The van der Waals surface area contributed by atoms with Crippen LogP contribution in [0.4, 0.5) is 0 Å². The first-order valence-corrected chi connectivity index (χ1v) is 17.3. The van der Waals surface area contributed by atoms with Crippen LogP contribution in [0.2, 0.25) is 0 Å². The molecule has 6 heteroatoms. The molecule has 0 unspecified atom stereocenters. The summed E-state index contributed by atoms with van der Waals surface area (Å²) in [7, 11) is 0. The Balaban J connectivity index is 0.000000193. The quantitative estimate of drug-likeness (QED) is 0.131. The van der Waals surface area contributed by atoms with Crippen molar-refractivity contribution in [1.82, 2.24) is 9.97 Å². The third kappa shape index (κ3) is 7.42. The molecule has 0 atom stereocenters. The second-order valence-electron chi connectivity index (χ2n) is 13.9. The maximum Gasteiger partial charge on any atom is 0.241 e. The summed E-state index contributed by atoms with van der Waals surface area (Å²) >= 11 is 0. The fourth-order valence-corrected chi connectivity index (χ4v) is 6.74. The molecule has 0 fully saturated rings. The largest absolute Gasteiger partial charge is 0.503 e. The zero-order chi connectivity index (χ0) is 46.0. The van der Waals surface area contributed by atoms with Crippen LogP contribution in [-0.2, 0) is 26.5 Å². The van der Waals surface area contributed by atoms with E-state index in [0.29, 0.717) is 28.3 Å². The molecule has 0 saturated carbocycles. The van der Waals surface area contributed by atoms with E-state index in [4.69, 9.17) is 24.6 Å². The zero-order valence-electron chi connectivity index (χ0n) is 40.7. The number of ether oxygens (including phenoxy) is 2. The number of aromatic nitrogens is 2. The molecule has 54 heavy (non-hydrogen) atoms. The summed E-state index contributed by atoms with van der Waals surface area (Å²) in [5, 5.41) is 0. The van der Waals surface area contributed by atoms with Crippen molar-refractivity contribution in [3.8, 4) is 56.6 Å². The molecule has 0 saturated heterocycles. The third-order valence-corrected chi connectivity index (χ3v) is 9.01. The van der Waals surface area contributed by atoms with Crippen LogP contribution in [0.25, 0.3) is 33.6 Å². The maximum absolute atomic E-state index is 8.72. The van der Waals surface area contributed by atoms with Crippen LogP contribution in [0.15, 0.2) is 128 Å². The minimum atomic E-state index is -2.50. The second kappa shape index (κ2) is 15.2. The van der Waals surface area contributed by atoms with Crippen molar-refractivity contribution in [3.05, 3.63) is 162 Å². The van der Waals surface area contributed by atoms with Crippen molar-refractivity contribution < 1.29 is 44.7 Å². The van der Waals surface area contributed by atoms with Crippen molar-refractivity contribution in [2.75, 3.05) is 0 Å². The number of fused-ring (bicyclic) bond motifs is 4. The molecular formula is C48H41BIrN2O2-2. The fourth-order valence-electron chi connectivity index (χ4n) is 6.74. The number of hydrogen-bond acceptors (Lipinski definition) is 4. The van der Waals surface area contributed by atoms with Gasteiger partial charge >= 0.3 is 0 Å². The van der Waals surface area contributed by atoms with Gasteiger partial charge < -0.3 is 19.4 Å². The Morgan fingerprint density at radius 2 is 1.52 bits per heavy atom. The monoisotopic (exact) mass is 892 g/mol. The van der Waals surface area contributed by atoms with Crippen LogP contribution < -0.4 is 25.9 Å².